The van der Waals surface area contributed by atoms with Crippen molar-refractivity contribution in [1.29, 1.82) is 0 Å². The van der Waals surface area contributed by atoms with Crippen LogP contribution in [0.4, 0.5) is 0 Å². The van der Waals surface area contributed by atoms with E-state index in [1.807, 2.05) is 13.8 Å². The van der Waals surface area contributed by atoms with Crippen molar-refractivity contribution in [1.82, 2.24) is 10.2 Å². The molecule has 1 saturated carbocycles. The number of hydrogen-bond donors (Lipinski definition) is 2. The Morgan fingerprint density at radius 1 is 1.32 bits per heavy atom. The lowest BCUT2D eigenvalue weighted by molar-refractivity contribution is -0.141. The molecule has 2 N–H and O–H groups in total. The number of carboxylic acid groups (broad SMARTS) is 1. The molecule has 0 aliphatic heterocycles. The third-order valence-electron chi connectivity index (χ3n) is 3.13. The molecule has 6 nitrogen and oxygen atoms in total. The number of carbonyl (C=O) groups is 3. The lowest BCUT2D eigenvalue weighted by atomic mass is 10.0. The average molecular weight is 270 g/mol. The molecule has 1 aliphatic carbocycles. The number of carboxylic acids is 1. The molecule has 19 heavy (non-hydrogen) atoms. The molecule has 1 rings (SSSR count). The number of nitrogens with zero attached hydrogens (tertiary/aromatic N) is 1. The van der Waals surface area contributed by atoms with E-state index in [0.717, 1.165) is 12.8 Å². The first-order chi connectivity index (χ1) is 8.82. The molecule has 0 aromatic carbocycles. The molecule has 108 valence electrons. The van der Waals surface area contributed by atoms with Crippen LogP contribution in [0.25, 0.3) is 0 Å². The van der Waals surface area contributed by atoms with Crippen LogP contribution in [0.2, 0.25) is 0 Å². The Morgan fingerprint density at radius 2 is 1.89 bits per heavy atom. The van der Waals surface area contributed by atoms with Crippen LogP contribution in [-0.2, 0) is 14.4 Å². The first kappa shape index (κ1) is 15.5. The van der Waals surface area contributed by atoms with E-state index in [2.05, 4.69) is 5.32 Å². The Bertz CT molecular complexity index is 364. The molecule has 6 heteroatoms. The molecule has 0 heterocycles. The fraction of sp³-hybridized carbons (Fsp3) is 0.769. The van der Waals surface area contributed by atoms with Crippen molar-refractivity contribution in [2.45, 2.75) is 52.1 Å². The zero-order valence-corrected chi connectivity index (χ0v) is 11.7. The van der Waals surface area contributed by atoms with Gasteiger partial charge in [-0.25, -0.2) is 0 Å². The average Bonchev–Trinajstić information content (AvgIpc) is 3.09. The standard InChI is InChI=1S/C13H22N2O4/c1-8(2)12(14-9(3)16)13(19)15(10-4-5-10)7-6-11(17)18/h8,10,12H,4-7H2,1-3H3,(H,14,16)(H,17,18). The Morgan fingerprint density at radius 3 is 2.26 bits per heavy atom. The van der Waals surface area contributed by atoms with Crippen molar-refractivity contribution in [3.8, 4) is 0 Å². The lowest BCUT2D eigenvalue weighted by Crippen LogP contribution is -2.51. The van der Waals surface area contributed by atoms with E-state index in [-0.39, 0.29) is 36.7 Å². The van der Waals surface area contributed by atoms with Crippen LogP contribution >= 0.6 is 0 Å². The predicted octanol–water partition coefficient (Wildman–Crippen LogP) is 0.613. The van der Waals surface area contributed by atoms with Gasteiger partial charge in [0.2, 0.25) is 11.8 Å². The smallest absolute Gasteiger partial charge is 0.305 e. The second-order valence-electron chi connectivity index (χ2n) is 5.33. The first-order valence-corrected chi connectivity index (χ1v) is 6.62. The highest BCUT2D eigenvalue weighted by molar-refractivity contribution is 5.87. The van der Waals surface area contributed by atoms with E-state index in [9.17, 15) is 14.4 Å². The third kappa shape index (κ3) is 4.89. The fourth-order valence-electron chi connectivity index (χ4n) is 1.99. The first-order valence-electron chi connectivity index (χ1n) is 6.62. The van der Waals surface area contributed by atoms with Gasteiger partial charge < -0.3 is 15.3 Å². The van der Waals surface area contributed by atoms with Crippen molar-refractivity contribution < 1.29 is 19.5 Å². The quantitative estimate of drug-likeness (QED) is 0.709. The van der Waals surface area contributed by atoms with Crippen LogP contribution in [-0.4, -0.2) is 46.4 Å². The molecule has 0 saturated heterocycles. The van der Waals surface area contributed by atoms with E-state index in [0.29, 0.717) is 0 Å². The highest BCUT2D eigenvalue weighted by Crippen LogP contribution is 2.28. The highest BCUT2D eigenvalue weighted by atomic mass is 16.4. The van der Waals surface area contributed by atoms with Gasteiger partial charge in [-0.15, -0.1) is 0 Å². The minimum absolute atomic E-state index is 0.0255. The Hall–Kier alpha value is -1.59. The second-order valence-corrected chi connectivity index (χ2v) is 5.33. The van der Waals surface area contributed by atoms with Crippen LogP contribution in [0.1, 0.15) is 40.0 Å². The summed E-state index contributed by atoms with van der Waals surface area (Å²) >= 11 is 0. The van der Waals surface area contributed by atoms with E-state index in [1.165, 1.54) is 6.92 Å². The molecule has 0 spiro atoms. The number of rotatable bonds is 7. The molecule has 1 atom stereocenters. The number of amides is 2. The number of carbonyl (C=O) groups excluding carboxylic acids is 2. The molecule has 0 bridgehead atoms. The third-order valence-corrected chi connectivity index (χ3v) is 3.13. The molecule has 0 radical (unpaired) electrons. The van der Waals surface area contributed by atoms with Crippen LogP contribution < -0.4 is 5.32 Å². The van der Waals surface area contributed by atoms with Gasteiger partial charge in [-0.1, -0.05) is 13.8 Å². The predicted molar refractivity (Wildman–Crippen MR) is 69.4 cm³/mol. The van der Waals surface area contributed by atoms with E-state index in [4.69, 9.17) is 5.11 Å². The summed E-state index contributed by atoms with van der Waals surface area (Å²) in [6, 6.07) is -0.436. The minimum atomic E-state index is -0.918. The van der Waals surface area contributed by atoms with Crippen molar-refractivity contribution in [3.05, 3.63) is 0 Å². The fourth-order valence-corrected chi connectivity index (χ4v) is 1.99. The van der Waals surface area contributed by atoms with Crippen molar-refractivity contribution in [3.63, 3.8) is 0 Å². The van der Waals surface area contributed by atoms with Crippen LogP contribution in [0, 0.1) is 5.92 Å². The van der Waals surface area contributed by atoms with Crippen LogP contribution in [0.3, 0.4) is 0 Å². The maximum Gasteiger partial charge on any atom is 0.305 e. The molecule has 1 unspecified atom stereocenters. The SMILES string of the molecule is CC(=O)NC(C(=O)N(CCC(=O)O)C1CC1)C(C)C. The molecule has 2 amide bonds. The summed E-state index contributed by atoms with van der Waals surface area (Å²) in [5.41, 5.74) is 0. The Balaban J connectivity index is 2.72. The molecule has 1 fully saturated rings. The Labute approximate surface area is 113 Å². The van der Waals surface area contributed by atoms with Gasteiger partial charge >= 0.3 is 5.97 Å². The van der Waals surface area contributed by atoms with E-state index >= 15 is 0 Å². The number of nitrogens with one attached hydrogen (secondary N) is 1. The largest absolute Gasteiger partial charge is 0.481 e. The summed E-state index contributed by atoms with van der Waals surface area (Å²) in [4.78, 5) is 35.8. The lowest BCUT2D eigenvalue weighted by Gasteiger charge is -2.29. The highest BCUT2D eigenvalue weighted by Gasteiger charge is 2.37. The van der Waals surface area contributed by atoms with Crippen molar-refractivity contribution in [2.75, 3.05) is 6.54 Å². The Kier molecular flexibility index (Phi) is 5.32. The number of hydrogen-bond acceptors (Lipinski definition) is 3. The molecular formula is C13H22N2O4. The van der Waals surface area contributed by atoms with Crippen molar-refractivity contribution >= 4 is 17.8 Å². The summed E-state index contributed by atoms with van der Waals surface area (Å²) in [7, 11) is 0. The minimum Gasteiger partial charge on any atom is -0.481 e. The summed E-state index contributed by atoms with van der Waals surface area (Å²) in [5, 5.41) is 11.4. The number of aliphatic carboxylic acids is 1. The van der Waals surface area contributed by atoms with E-state index < -0.39 is 12.0 Å². The van der Waals surface area contributed by atoms with Gasteiger partial charge in [-0.2, -0.15) is 0 Å². The zero-order valence-electron chi connectivity index (χ0n) is 11.7. The molecule has 0 aromatic rings. The summed E-state index contributed by atoms with van der Waals surface area (Å²) in [5.74, 6) is -1.36. The summed E-state index contributed by atoms with van der Waals surface area (Å²) in [6.07, 6.45) is 1.76. The molecular weight excluding hydrogens is 248 g/mol. The van der Waals surface area contributed by atoms with Crippen LogP contribution in [0.5, 0.6) is 0 Å². The van der Waals surface area contributed by atoms with Gasteiger partial charge in [0.05, 0.1) is 6.42 Å². The second kappa shape index (κ2) is 6.54. The maximum atomic E-state index is 12.4. The van der Waals surface area contributed by atoms with Gasteiger partial charge in [-0.3, -0.25) is 14.4 Å². The van der Waals surface area contributed by atoms with Crippen LogP contribution in [0.15, 0.2) is 0 Å². The topological polar surface area (TPSA) is 86.7 Å². The van der Waals surface area contributed by atoms with Gasteiger partial charge in [0.15, 0.2) is 0 Å². The van der Waals surface area contributed by atoms with Gasteiger partial charge in [0.1, 0.15) is 6.04 Å². The summed E-state index contributed by atoms with van der Waals surface area (Å²) < 4.78 is 0. The summed E-state index contributed by atoms with van der Waals surface area (Å²) in [6.45, 7) is 5.31. The van der Waals surface area contributed by atoms with Gasteiger partial charge in [0, 0.05) is 19.5 Å². The molecule has 1 aliphatic rings. The van der Waals surface area contributed by atoms with Crippen molar-refractivity contribution in [2.24, 2.45) is 5.92 Å². The van der Waals surface area contributed by atoms with Gasteiger partial charge in [-0.05, 0) is 18.8 Å². The normalized spacial score (nSPS) is 16.0. The zero-order chi connectivity index (χ0) is 14.6. The van der Waals surface area contributed by atoms with E-state index in [1.54, 1.807) is 4.90 Å². The maximum absolute atomic E-state index is 12.4. The van der Waals surface area contributed by atoms with Gasteiger partial charge in [0.25, 0.3) is 0 Å². The monoisotopic (exact) mass is 270 g/mol. The molecule has 0 aromatic heterocycles.